The van der Waals surface area contributed by atoms with Gasteiger partial charge in [-0.3, -0.25) is 5.41 Å². The minimum absolute atomic E-state index is 0.624. The molecular weight excluding hydrogens is 200 g/mol. The average Bonchev–Trinajstić information content (AvgIpc) is 2.39. The standard InChI is InChI=1S/C13H18N2O/c1-16-12-7-5-6-11(10-12)13(14)15-8-3-2-4-9-15/h5-7,10,14H,2-4,8-9H2,1H3. The molecule has 2 rings (SSSR count). The van der Waals surface area contributed by atoms with Crippen LogP contribution in [0.5, 0.6) is 5.75 Å². The van der Waals surface area contributed by atoms with Gasteiger partial charge in [-0.1, -0.05) is 12.1 Å². The molecule has 1 aliphatic heterocycles. The molecule has 1 aromatic carbocycles. The summed E-state index contributed by atoms with van der Waals surface area (Å²) in [5.74, 6) is 1.44. The van der Waals surface area contributed by atoms with Gasteiger partial charge in [0.2, 0.25) is 0 Å². The lowest BCUT2D eigenvalue weighted by atomic mass is 10.1. The van der Waals surface area contributed by atoms with Crippen LogP contribution in [0.1, 0.15) is 24.8 Å². The molecule has 1 aliphatic rings. The third-order valence-corrected chi connectivity index (χ3v) is 3.02. The highest BCUT2D eigenvalue weighted by atomic mass is 16.5. The molecule has 0 aromatic heterocycles. The molecule has 1 aromatic rings. The van der Waals surface area contributed by atoms with Crippen molar-refractivity contribution in [2.24, 2.45) is 0 Å². The van der Waals surface area contributed by atoms with Crippen LogP contribution < -0.4 is 4.74 Å². The second-order valence-electron chi connectivity index (χ2n) is 4.13. The largest absolute Gasteiger partial charge is 0.497 e. The molecule has 86 valence electrons. The van der Waals surface area contributed by atoms with Crippen LogP contribution in [0.2, 0.25) is 0 Å². The zero-order valence-electron chi connectivity index (χ0n) is 9.70. The molecule has 1 fully saturated rings. The number of hydrogen-bond donors (Lipinski definition) is 1. The van der Waals surface area contributed by atoms with Crippen molar-refractivity contribution in [1.29, 1.82) is 5.41 Å². The predicted molar refractivity (Wildman–Crippen MR) is 65.2 cm³/mol. The van der Waals surface area contributed by atoms with E-state index >= 15 is 0 Å². The highest BCUT2D eigenvalue weighted by molar-refractivity contribution is 5.96. The number of likely N-dealkylation sites (tertiary alicyclic amines) is 1. The van der Waals surface area contributed by atoms with E-state index in [2.05, 4.69) is 4.90 Å². The number of nitrogens with zero attached hydrogens (tertiary/aromatic N) is 1. The van der Waals surface area contributed by atoms with Crippen LogP contribution in [0.15, 0.2) is 24.3 Å². The fourth-order valence-electron chi connectivity index (χ4n) is 2.07. The molecule has 1 heterocycles. The summed E-state index contributed by atoms with van der Waals surface area (Å²) in [5.41, 5.74) is 0.946. The van der Waals surface area contributed by atoms with Crippen LogP contribution in [0.25, 0.3) is 0 Å². The minimum atomic E-state index is 0.624. The Morgan fingerprint density at radius 1 is 1.25 bits per heavy atom. The molecule has 0 unspecified atom stereocenters. The van der Waals surface area contributed by atoms with Gasteiger partial charge in [-0.05, 0) is 31.4 Å². The zero-order valence-corrected chi connectivity index (χ0v) is 9.70. The highest BCUT2D eigenvalue weighted by Crippen LogP contribution is 2.17. The number of nitrogens with one attached hydrogen (secondary N) is 1. The van der Waals surface area contributed by atoms with E-state index in [0.717, 1.165) is 24.4 Å². The summed E-state index contributed by atoms with van der Waals surface area (Å²) in [6.07, 6.45) is 3.70. The Bertz CT molecular complexity index is 370. The summed E-state index contributed by atoms with van der Waals surface area (Å²) in [4.78, 5) is 2.15. The number of amidine groups is 1. The molecule has 0 radical (unpaired) electrons. The normalized spacial score (nSPS) is 15.9. The molecule has 0 saturated carbocycles. The third kappa shape index (κ3) is 2.35. The summed E-state index contributed by atoms with van der Waals surface area (Å²) in [7, 11) is 1.66. The second kappa shape index (κ2) is 5.01. The van der Waals surface area contributed by atoms with Crippen LogP contribution in [-0.2, 0) is 0 Å². The van der Waals surface area contributed by atoms with Crippen molar-refractivity contribution in [1.82, 2.24) is 4.90 Å². The Kier molecular flexibility index (Phi) is 3.44. The number of hydrogen-bond acceptors (Lipinski definition) is 2. The Morgan fingerprint density at radius 2 is 2.00 bits per heavy atom. The fourth-order valence-corrected chi connectivity index (χ4v) is 2.07. The lowest BCUT2D eigenvalue weighted by Gasteiger charge is -2.29. The molecule has 0 amide bonds. The maximum atomic E-state index is 8.17. The predicted octanol–water partition coefficient (Wildman–Crippen LogP) is 2.51. The zero-order chi connectivity index (χ0) is 11.4. The first-order valence-corrected chi connectivity index (χ1v) is 5.79. The number of piperidine rings is 1. The van der Waals surface area contributed by atoms with Crippen molar-refractivity contribution in [3.8, 4) is 5.75 Å². The Balaban J connectivity index is 2.12. The van der Waals surface area contributed by atoms with Gasteiger partial charge in [-0.15, -0.1) is 0 Å². The first kappa shape index (κ1) is 11.0. The van der Waals surface area contributed by atoms with E-state index in [1.165, 1.54) is 19.3 Å². The molecule has 3 nitrogen and oxygen atoms in total. The van der Waals surface area contributed by atoms with E-state index in [1.807, 2.05) is 24.3 Å². The van der Waals surface area contributed by atoms with E-state index in [4.69, 9.17) is 10.1 Å². The van der Waals surface area contributed by atoms with Crippen LogP contribution in [0, 0.1) is 5.41 Å². The fraction of sp³-hybridized carbons (Fsp3) is 0.462. The van der Waals surface area contributed by atoms with E-state index in [9.17, 15) is 0 Å². The van der Waals surface area contributed by atoms with Gasteiger partial charge in [0.25, 0.3) is 0 Å². The van der Waals surface area contributed by atoms with Gasteiger partial charge in [0, 0.05) is 18.7 Å². The first-order valence-electron chi connectivity index (χ1n) is 5.79. The summed E-state index contributed by atoms with van der Waals surface area (Å²) in [5, 5.41) is 8.17. The molecule has 0 spiro atoms. The maximum Gasteiger partial charge on any atom is 0.128 e. The topological polar surface area (TPSA) is 36.3 Å². The summed E-state index contributed by atoms with van der Waals surface area (Å²) >= 11 is 0. The molecule has 16 heavy (non-hydrogen) atoms. The second-order valence-corrected chi connectivity index (χ2v) is 4.13. The molecule has 1 N–H and O–H groups in total. The van der Waals surface area contributed by atoms with Crippen molar-refractivity contribution < 1.29 is 4.74 Å². The van der Waals surface area contributed by atoms with Crippen molar-refractivity contribution in [2.45, 2.75) is 19.3 Å². The van der Waals surface area contributed by atoms with Gasteiger partial charge in [0.05, 0.1) is 7.11 Å². The van der Waals surface area contributed by atoms with E-state index in [-0.39, 0.29) is 0 Å². The van der Waals surface area contributed by atoms with Crippen molar-refractivity contribution in [3.63, 3.8) is 0 Å². The number of rotatable bonds is 2. The number of ether oxygens (including phenoxy) is 1. The summed E-state index contributed by atoms with van der Waals surface area (Å²) in [6.45, 7) is 2.02. The lowest BCUT2D eigenvalue weighted by Crippen LogP contribution is -2.35. The Labute approximate surface area is 96.5 Å². The molecule has 0 bridgehead atoms. The van der Waals surface area contributed by atoms with E-state index in [1.54, 1.807) is 7.11 Å². The Hall–Kier alpha value is -1.51. The molecule has 1 saturated heterocycles. The smallest absolute Gasteiger partial charge is 0.128 e. The summed E-state index contributed by atoms with van der Waals surface area (Å²) in [6, 6.07) is 7.75. The third-order valence-electron chi connectivity index (χ3n) is 3.02. The van der Waals surface area contributed by atoms with Crippen molar-refractivity contribution in [3.05, 3.63) is 29.8 Å². The van der Waals surface area contributed by atoms with Crippen LogP contribution in [-0.4, -0.2) is 30.9 Å². The van der Waals surface area contributed by atoms with Gasteiger partial charge in [-0.2, -0.15) is 0 Å². The van der Waals surface area contributed by atoms with Crippen molar-refractivity contribution in [2.75, 3.05) is 20.2 Å². The lowest BCUT2D eigenvalue weighted by molar-refractivity contribution is 0.341. The highest BCUT2D eigenvalue weighted by Gasteiger charge is 2.14. The van der Waals surface area contributed by atoms with Gasteiger partial charge in [0.15, 0.2) is 0 Å². The Morgan fingerprint density at radius 3 is 2.69 bits per heavy atom. The van der Waals surface area contributed by atoms with E-state index < -0.39 is 0 Å². The van der Waals surface area contributed by atoms with Crippen molar-refractivity contribution >= 4 is 5.84 Å². The number of methoxy groups -OCH3 is 1. The van der Waals surface area contributed by atoms with Crippen LogP contribution in [0.3, 0.4) is 0 Å². The van der Waals surface area contributed by atoms with Gasteiger partial charge >= 0.3 is 0 Å². The van der Waals surface area contributed by atoms with E-state index in [0.29, 0.717) is 5.84 Å². The van der Waals surface area contributed by atoms with Gasteiger partial charge in [-0.25, -0.2) is 0 Å². The minimum Gasteiger partial charge on any atom is -0.497 e. The first-order chi connectivity index (χ1) is 7.81. The molecular formula is C13H18N2O. The average molecular weight is 218 g/mol. The van der Waals surface area contributed by atoms with Crippen LogP contribution in [0.4, 0.5) is 0 Å². The molecule has 0 atom stereocenters. The molecule has 0 aliphatic carbocycles. The quantitative estimate of drug-likeness (QED) is 0.611. The van der Waals surface area contributed by atoms with Gasteiger partial charge < -0.3 is 9.64 Å². The summed E-state index contributed by atoms with van der Waals surface area (Å²) < 4.78 is 5.18. The SMILES string of the molecule is COc1cccc(C(=N)N2CCCCC2)c1. The van der Waals surface area contributed by atoms with Gasteiger partial charge in [0.1, 0.15) is 11.6 Å². The monoisotopic (exact) mass is 218 g/mol. The molecule has 3 heteroatoms. The maximum absolute atomic E-state index is 8.17. The number of benzene rings is 1. The van der Waals surface area contributed by atoms with Crippen LogP contribution >= 0.6 is 0 Å².